The minimum absolute atomic E-state index is 0.00799. The molecule has 1 aromatic rings. The Morgan fingerprint density at radius 2 is 0.564 bits per heavy atom. The van der Waals surface area contributed by atoms with Crippen LogP contribution in [-0.2, 0) is 12.3 Å². The molecular weight excluding hydrogens is 835 g/mol. The number of benzene rings is 1. The molecule has 0 spiro atoms. The van der Waals surface area contributed by atoms with Crippen molar-refractivity contribution < 1.29 is 110 Å². The van der Waals surface area contributed by atoms with Crippen molar-refractivity contribution in [1.29, 1.82) is 0 Å². The Balaban J connectivity index is 3.43. The van der Waals surface area contributed by atoms with Crippen LogP contribution in [0.5, 0.6) is 0 Å². The van der Waals surface area contributed by atoms with Crippen molar-refractivity contribution in [3.05, 3.63) is 35.4 Å². The van der Waals surface area contributed by atoms with E-state index < -0.39 is 76.9 Å². The van der Waals surface area contributed by atoms with Gasteiger partial charge in [0.2, 0.25) is 0 Å². The first-order valence-electron chi connectivity index (χ1n) is 15.6. The summed E-state index contributed by atoms with van der Waals surface area (Å²) in [5.41, 5.74) is -2.48. The van der Waals surface area contributed by atoms with Crippen molar-refractivity contribution >= 4 is 0 Å². The number of alkyl halides is 25. The van der Waals surface area contributed by atoms with Crippen molar-refractivity contribution in [3.8, 4) is 0 Å². The summed E-state index contributed by atoms with van der Waals surface area (Å²) in [5, 5.41) is 0. The molecule has 0 N–H and O–H groups in total. The molecule has 0 fully saturated rings. The van der Waals surface area contributed by atoms with Crippen LogP contribution in [0, 0.1) is 0 Å². The summed E-state index contributed by atoms with van der Waals surface area (Å²) in [6, 6.07) is 0.613. The van der Waals surface area contributed by atoms with Crippen LogP contribution in [0.15, 0.2) is 24.3 Å². The highest BCUT2D eigenvalue weighted by molar-refractivity contribution is 5.30. The van der Waals surface area contributed by atoms with Gasteiger partial charge in [-0.25, -0.2) is 0 Å². The second-order valence-electron chi connectivity index (χ2n) is 12.4. The quantitative estimate of drug-likeness (QED) is 0.0805. The maximum absolute atomic E-state index is 14.6. The Morgan fingerprint density at radius 3 is 0.855 bits per heavy atom. The second kappa shape index (κ2) is 16.0. The van der Waals surface area contributed by atoms with E-state index in [2.05, 4.69) is 0 Å². The Kier molecular flexibility index (Phi) is 14.7. The predicted molar refractivity (Wildman–Crippen MR) is 141 cm³/mol. The molecule has 0 atom stereocenters. The lowest BCUT2D eigenvalue weighted by Gasteiger charge is -2.45. The molecule has 1 rings (SSSR count). The van der Waals surface area contributed by atoms with E-state index in [1.807, 2.05) is 6.92 Å². The first-order valence-corrected chi connectivity index (χ1v) is 15.6. The third kappa shape index (κ3) is 8.13. The van der Waals surface area contributed by atoms with Gasteiger partial charge in [-0.3, -0.25) is 0 Å². The number of rotatable bonds is 22. The van der Waals surface area contributed by atoms with Crippen LogP contribution in [0.2, 0.25) is 0 Å². The maximum Gasteiger partial charge on any atom is 0.460 e. The van der Waals surface area contributed by atoms with Crippen molar-refractivity contribution in [1.82, 2.24) is 0 Å². The largest absolute Gasteiger partial charge is 0.460 e. The van der Waals surface area contributed by atoms with E-state index in [1.54, 1.807) is 0 Å². The Labute approximate surface area is 294 Å². The molecule has 0 saturated heterocycles. The molecule has 25 heteroatoms. The highest BCUT2D eigenvalue weighted by Crippen LogP contribution is 2.68. The fourth-order valence-corrected chi connectivity index (χ4v) is 4.83. The summed E-state index contributed by atoms with van der Waals surface area (Å²) >= 11 is 0. The molecule has 0 aliphatic heterocycles. The topological polar surface area (TPSA) is 0 Å². The molecule has 0 radical (unpaired) electrons. The summed E-state index contributed by atoms with van der Waals surface area (Å²) in [6.45, 7) is 2.02. The molecule has 0 aromatic heterocycles. The van der Waals surface area contributed by atoms with E-state index in [1.165, 1.54) is 0 Å². The molecule has 55 heavy (non-hydrogen) atoms. The van der Waals surface area contributed by atoms with Crippen molar-refractivity contribution in [2.24, 2.45) is 0 Å². The van der Waals surface area contributed by atoms with Gasteiger partial charge in [0.15, 0.2) is 0 Å². The Hall–Kier alpha value is -2.53. The minimum Gasteiger partial charge on any atom is -0.194 e. The molecule has 0 saturated carbocycles. The molecular formula is C30H29F25. The summed E-state index contributed by atoms with van der Waals surface area (Å²) in [4.78, 5) is 0. The number of hydrogen-bond donors (Lipinski definition) is 0. The zero-order chi connectivity index (χ0) is 43.8. The van der Waals surface area contributed by atoms with E-state index in [9.17, 15) is 110 Å². The van der Waals surface area contributed by atoms with Gasteiger partial charge in [-0.15, -0.1) is 0 Å². The van der Waals surface area contributed by atoms with E-state index in [-0.39, 0.29) is 24.1 Å². The van der Waals surface area contributed by atoms with E-state index in [0.717, 1.165) is 44.9 Å². The van der Waals surface area contributed by atoms with Gasteiger partial charge < -0.3 is 0 Å². The minimum atomic E-state index is -9.60. The normalized spacial score (nSPS) is 15.5. The van der Waals surface area contributed by atoms with Gasteiger partial charge in [-0.05, 0) is 18.4 Å². The molecule has 0 nitrogen and oxygen atoms in total. The van der Waals surface area contributed by atoms with Gasteiger partial charge in [0.05, 0.1) is 0 Å². The molecule has 0 aliphatic carbocycles. The monoisotopic (exact) mass is 864 g/mol. The van der Waals surface area contributed by atoms with Crippen molar-refractivity contribution in [3.63, 3.8) is 0 Å². The molecule has 0 aliphatic rings. The standard InChI is InChI=1S/C30H29F25/c1-2-3-4-5-6-7-8-9-10-11-12-17-13-15-18(16-14-17)19(31,32)20(33,34)21(35,36)22(37,38)23(39,40)24(41,42)25(43,44)26(45,46)27(47,48)28(49,50)29(51,52)30(53,54)55/h13-16H,2-12H2,1H3. The van der Waals surface area contributed by atoms with E-state index in [4.69, 9.17) is 0 Å². The third-order valence-electron chi connectivity index (χ3n) is 8.43. The van der Waals surface area contributed by atoms with Gasteiger partial charge >= 0.3 is 71.3 Å². The zero-order valence-electron chi connectivity index (χ0n) is 27.5. The summed E-state index contributed by atoms with van der Waals surface area (Å²) in [6.07, 6.45) is 0.0987. The summed E-state index contributed by atoms with van der Waals surface area (Å²) in [7, 11) is 0. The number of aryl methyl sites for hydroxylation is 1. The highest BCUT2D eigenvalue weighted by Gasteiger charge is 2.99. The molecule has 0 unspecified atom stereocenters. The lowest BCUT2D eigenvalue weighted by Crippen LogP contribution is -2.78. The van der Waals surface area contributed by atoms with Crippen LogP contribution in [0.1, 0.15) is 82.3 Å². The van der Waals surface area contributed by atoms with Crippen LogP contribution in [0.25, 0.3) is 0 Å². The lowest BCUT2D eigenvalue weighted by atomic mass is 9.84. The second-order valence-corrected chi connectivity index (χ2v) is 12.4. The van der Waals surface area contributed by atoms with Gasteiger partial charge in [0.1, 0.15) is 0 Å². The molecule has 1 aromatic carbocycles. The first kappa shape index (κ1) is 50.5. The zero-order valence-corrected chi connectivity index (χ0v) is 27.5. The first-order chi connectivity index (χ1) is 24.3. The van der Waals surface area contributed by atoms with Gasteiger partial charge in [0, 0.05) is 5.56 Å². The molecule has 0 bridgehead atoms. The van der Waals surface area contributed by atoms with Crippen LogP contribution in [0.4, 0.5) is 110 Å². The summed E-state index contributed by atoms with van der Waals surface area (Å²) in [5.74, 6) is -98.4. The van der Waals surface area contributed by atoms with E-state index >= 15 is 0 Å². The van der Waals surface area contributed by atoms with Gasteiger partial charge in [0.25, 0.3) is 0 Å². The van der Waals surface area contributed by atoms with Crippen molar-refractivity contribution in [2.45, 2.75) is 149 Å². The highest BCUT2D eigenvalue weighted by atomic mass is 19.4. The molecule has 324 valence electrons. The number of unbranched alkanes of at least 4 members (excludes halogenated alkanes) is 9. The van der Waals surface area contributed by atoms with Crippen LogP contribution in [-0.4, -0.2) is 65.4 Å². The van der Waals surface area contributed by atoms with Crippen LogP contribution in [0.3, 0.4) is 0 Å². The maximum atomic E-state index is 14.6. The van der Waals surface area contributed by atoms with Crippen molar-refractivity contribution in [2.75, 3.05) is 0 Å². The number of hydrogen-bond acceptors (Lipinski definition) is 0. The van der Waals surface area contributed by atoms with E-state index in [0.29, 0.717) is 31.4 Å². The Bertz CT molecular complexity index is 1370. The molecule has 0 heterocycles. The molecule has 0 amide bonds. The van der Waals surface area contributed by atoms with Gasteiger partial charge in [-0.2, -0.15) is 110 Å². The fourth-order valence-electron chi connectivity index (χ4n) is 4.83. The van der Waals surface area contributed by atoms with Crippen LogP contribution < -0.4 is 0 Å². The fraction of sp³-hybridized carbons (Fsp3) is 0.800. The average Bonchev–Trinajstić information content (AvgIpc) is 3.04. The third-order valence-corrected chi connectivity index (χ3v) is 8.43. The average molecular weight is 865 g/mol. The Morgan fingerprint density at radius 1 is 0.309 bits per heavy atom. The van der Waals surface area contributed by atoms with Crippen LogP contribution >= 0.6 is 0 Å². The lowest BCUT2D eigenvalue weighted by molar-refractivity contribution is -0.482. The smallest absolute Gasteiger partial charge is 0.194 e. The van der Waals surface area contributed by atoms with Gasteiger partial charge in [-0.1, -0.05) is 89.0 Å². The summed E-state index contributed by atoms with van der Waals surface area (Å²) < 4.78 is 343. The predicted octanol–water partition coefficient (Wildman–Crippen LogP) is 14.2. The number of halogens is 25. The SMILES string of the molecule is CCCCCCCCCCCCc1ccc(C(F)(F)C(F)(F)C(F)(F)C(F)(F)C(F)(F)C(F)(F)C(F)(F)C(F)(F)C(F)(F)C(F)(F)C(F)(F)C(F)(F)F)cc1.